The first kappa shape index (κ1) is 10.8. The van der Waals surface area contributed by atoms with Crippen LogP contribution in [0.5, 0.6) is 0 Å². The summed E-state index contributed by atoms with van der Waals surface area (Å²) in [6, 6.07) is 7.08. The average Bonchev–Trinajstić information content (AvgIpc) is 2.30. The first-order valence-electron chi connectivity index (χ1n) is 5.25. The summed E-state index contributed by atoms with van der Waals surface area (Å²) in [6.45, 7) is 3.34. The highest BCUT2D eigenvalue weighted by atomic mass is 16.5. The summed E-state index contributed by atoms with van der Waals surface area (Å²) < 4.78 is 5.28. The number of anilines is 2. The van der Waals surface area contributed by atoms with Gasteiger partial charge in [-0.25, -0.2) is 4.79 Å². The van der Waals surface area contributed by atoms with Gasteiger partial charge in [-0.3, -0.25) is 0 Å². The number of nitrogens with one attached hydrogen (secondary N) is 1. The number of morpholine rings is 1. The Morgan fingerprint density at radius 3 is 2.44 bits per heavy atom. The number of rotatable bonds is 2. The molecule has 0 atom stereocenters. The molecule has 0 bridgehead atoms. The van der Waals surface area contributed by atoms with Gasteiger partial charge in [0.2, 0.25) is 0 Å². The van der Waals surface area contributed by atoms with Gasteiger partial charge in [0.1, 0.15) is 0 Å². The van der Waals surface area contributed by atoms with Gasteiger partial charge in [0, 0.05) is 24.5 Å². The number of primary amides is 1. The van der Waals surface area contributed by atoms with Crippen molar-refractivity contribution in [2.75, 3.05) is 36.5 Å². The highest BCUT2D eigenvalue weighted by Crippen LogP contribution is 2.18. The van der Waals surface area contributed by atoms with Crippen molar-refractivity contribution in [1.82, 2.24) is 0 Å². The van der Waals surface area contributed by atoms with Crippen molar-refractivity contribution < 1.29 is 9.53 Å². The van der Waals surface area contributed by atoms with Crippen LogP contribution in [0.15, 0.2) is 24.3 Å². The van der Waals surface area contributed by atoms with Crippen molar-refractivity contribution in [3.63, 3.8) is 0 Å². The quantitative estimate of drug-likeness (QED) is 0.783. The lowest BCUT2D eigenvalue weighted by molar-refractivity contribution is 0.122. The van der Waals surface area contributed by atoms with Crippen LogP contribution in [-0.4, -0.2) is 32.3 Å². The Morgan fingerprint density at radius 2 is 1.88 bits per heavy atom. The molecule has 0 radical (unpaired) electrons. The Labute approximate surface area is 94.2 Å². The van der Waals surface area contributed by atoms with E-state index in [2.05, 4.69) is 10.2 Å². The summed E-state index contributed by atoms with van der Waals surface area (Å²) >= 11 is 0. The highest BCUT2D eigenvalue weighted by molar-refractivity contribution is 5.87. The number of benzene rings is 1. The van der Waals surface area contributed by atoms with E-state index in [-0.39, 0.29) is 0 Å². The fourth-order valence-corrected chi connectivity index (χ4v) is 1.72. The van der Waals surface area contributed by atoms with Gasteiger partial charge in [0.25, 0.3) is 0 Å². The van der Waals surface area contributed by atoms with Crippen LogP contribution in [0.25, 0.3) is 0 Å². The number of nitrogens with zero attached hydrogens (tertiary/aromatic N) is 1. The molecule has 1 aliphatic rings. The zero-order chi connectivity index (χ0) is 11.4. The minimum absolute atomic E-state index is 0.542. The standard InChI is InChI=1S/C11H15N3O2/c12-11(15)13-9-1-3-10(4-2-9)14-5-7-16-8-6-14/h1-4H,5-8H2,(H3,12,13,15). The number of carbonyl (C=O) groups is 1. The van der Waals surface area contributed by atoms with E-state index >= 15 is 0 Å². The SMILES string of the molecule is NC(=O)Nc1ccc(N2CCOCC2)cc1. The third-order valence-electron chi connectivity index (χ3n) is 2.51. The fraction of sp³-hybridized carbons (Fsp3) is 0.364. The van der Waals surface area contributed by atoms with Crippen molar-refractivity contribution in [1.29, 1.82) is 0 Å². The third kappa shape index (κ3) is 2.64. The normalized spacial score (nSPS) is 15.9. The predicted octanol–water partition coefficient (Wildman–Crippen LogP) is 1.01. The summed E-state index contributed by atoms with van der Waals surface area (Å²) in [5.41, 5.74) is 6.88. The molecule has 0 unspecified atom stereocenters. The molecule has 86 valence electrons. The molecular formula is C11H15N3O2. The minimum Gasteiger partial charge on any atom is -0.378 e. The second kappa shape index (κ2) is 4.85. The van der Waals surface area contributed by atoms with Crippen LogP contribution in [0.1, 0.15) is 0 Å². The molecule has 2 amide bonds. The van der Waals surface area contributed by atoms with Gasteiger partial charge < -0.3 is 20.7 Å². The molecule has 1 aromatic carbocycles. The average molecular weight is 221 g/mol. The van der Waals surface area contributed by atoms with E-state index in [4.69, 9.17) is 10.5 Å². The highest BCUT2D eigenvalue weighted by Gasteiger charge is 2.10. The zero-order valence-electron chi connectivity index (χ0n) is 8.98. The molecule has 1 aliphatic heterocycles. The zero-order valence-corrected chi connectivity index (χ0v) is 8.98. The van der Waals surface area contributed by atoms with Crippen molar-refractivity contribution >= 4 is 17.4 Å². The van der Waals surface area contributed by atoms with Gasteiger partial charge in [-0.1, -0.05) is 0 Å². The summed E-state index contributed by atoms with van der Waals surface area (Å²) in [6.07, 6.45) is 0. The van der Waals surface area contributed by atoms with Crippen LogP contribution in [0.3, 0.4) is 0 Å². The molecule has 1 fully saturated rings. The molecule has 2 rings (SSSR count). The van der Waals surface area contributed by atoms with Crippen LogP contribution in [0.4, 0.5) is 16.2 Å². The molecule has 0 aliphatic carbocycles. The first-order valence-corrected chi connectivity index (χ1v) is 5.25. The molecule has 1 heterocycles. The molecule has 16 heavy (non-hydrogen) atoms. The van der Waals surface area contributed by atoms with Crippen molar-refractivity contribution in [2.24, 2.45) is 5.73 Å². The van der Waals surface area contributed by atoms with E-state index < -0.39 is 6.03 Å². The van der Waals surface area contributed by atoms with Gasteiger partial charge >= 0.3 is 6.03 Å². The Morgan fingerprint density at radius 1 is 1.25 bits per heavy atom. The summed E-state index contributed by atoms with van der Waals surface area (Å²) in [4.78, 5) is 12.9. The molecular weight excluding hydrogens is 206 g/mol. The number of amides is 2. The van der Waals surface area contributed by atoms with E-state index in [0.29, 0.717) is 5.69 Å². The second-order valence-electron chi connectivity index (χ2n) is 3.64. The number of hydrogen-bond donors (Lipinski definition) is 2. The lowest BCUT2D eigenvalue weighted by atomic mass is 10.2. The Hall–Kier alpha value is -1.75. The van der Waals surface area contributed by atoms with Crippen LogP contribution < -0.4 is 16.0 Å². The molecule has 0 aromatic heterocycles. The van der Waals surface area contributed by atoms with E-state index in [0.717, 1.165) is 32.0 Å². The number of urea groups is 1. The topological polar surface area (TPSA) is 67.6 Å². The maximum absolute atomic E-state index is 10.6. The molecule has 1 aromatic rings. The Kier molecular flexibility index (Phi) is 3.26. The van der Waals surface area contributed by atoms with Gasteiger partial charge in [-0.05, 0) is 24.3 Å². The van der Waals surface area contributed by atoms with E-state index in [1.807, 2.05) is 24.3 Å². The smallest absolute Gasteiger partial charge is 0.316 e. The van der Waals surface area contributed by atoms with Gasteiger partial charge in [-0.2, -0.15) is 0 Å². The fourth-order valence-electron chi connectivity index (χ4n) is 1.72. The number of carbonyl (C=O) groups excluding carboxylic acids is 1. The van der Waals surface area contributed by atoms with Crippen molar-refractivity contribution in [2.45, 2.75) is 0 Å². The molecule has 0 spiro atoms. The van der Waals surface area contributed by atoms with E-state index in [1.54, 1.807) is 0 Å². The molecule has 1 saturated heterocycles. The second-order valence-corrected chi connectivity index (χ2v) is 3.64. The largest absolute Gasteiger partial charge is 0.378 e. The Balaban J connectivity index is 2.03. The molecule has 3 N–H and O–H groups in total. The minimum atomic E-state index is -0.542. The lowest BCUT2D eigenvalue weighted by Gasteiger charge is -2.28. The maximum Gasteiger partial charge on any atom is 0.316 e. The van der Waals surface area contributed by atoms with E-state index in [9.17, 15) is 4.79 Å². The number of hydrogen-bond acceptors (Lipinski definition) is 3. The van der Waals surface area contributed by atoms with Crippen LogP contribution in [-0.2, 0) is 4.74 Å². The predicted molar refractivity (Wildman–Crippen MR) is 62.7 cm³/mol. The van der Waals surface area contributed by atoms with E-state index in [1.165, 1.54) is 0 Å². The Bertz CT molecular complexity index is 358. The maximum atomic E-state index is 10.6. The van der Waals surface area contributed by atoms with Crippen LogP contribution in [0, 0.1) is 0 Å². The molecule has 5 nitrogen and oxygen atoms in total. The molecule has 5 heteroatoms. The lowest BCUT2D eigenvalue weighted by Crippen LogP contribution is -2.36. The summed E-state index contributed by atoms with van der Waals surface area (Å²) in [7, 11) is 0. The third-order valence-corrected chi connectivity index (χ3v) is 2.51. The van der Waals surface area contributed by atoms with Crippen LogP contribution in [0.2, 0.25) is 0 Å². The summed E-state index contributed by atoms with van der Waals surface area (Å²) in [5.74, 6) is 0. The van der Waals surface area contributed by atoms with Gasteiger partial charge in [-0.15, -0.1) is 0 Å². The van der Waals surface area contributed by atoms with Crippen molar-refractivity contribution in [3.8, 4) is 0 Å². The van der Waals surface area contributed by atoms with Crippen LogP contribution >= 0.6 is 0 Å². The first-order chi connectivity index (χ1) is 7.75. The molecule has 0 saturated carbocycles. The monoisotopic (exact) mass is 221 g/mol. The van der Waals surface area contributed by atoms with Gasteiger partial charge in [0.05, 0.1) is 13.2 Å². The number of nitrogens with two attached hydrogens (primary N) is 1. The summed E-state index contributed by atoms with van der Waals surface area (Å²) in [5, 5.41) is 2.53. The number of ether oxygens (including phenoxy) is 1. The van der Waals surface area contributed by atoms with Gasteiger partial charge in [0.15, 0.2) is 0 Å². The van der Waals surface area contributed by atoms with Crippen molar-refractivity contribution in [3.05, 3.63) is 24.3 Å².